The lowest BCUT2D eigenvalue weighted by molar-refractivity contribution is 0.408. The highest BCUT2D eigenvalue weighted by Crippen LogP contribution is 2.28. The van der Waals surface area contributed by atoms with Gasteiger partial charge in [-0.15, -0.1) is 0 Å². The number of ether oxygens (including phenoxy) is 1. The molecule has 106 valence electrons. The van der Waals surface area contributed by atoms with Gasteiger partial charge in [-0.05, 0) is 42.4 Å². The van der Waals surface area contributed by atoms with Crippen LogP contribution in [0.15, 0.2) is 54.7 Å². The van der Waals surface area contributed by atoms with Crippen molar-refractivity contribution in [1.82, 2.24) is 10.3 Å². The van der Waals surface area contributed by atoms with Crippen molar-refractivity contribution in [1.29, 1.82) is 0 Å². The fourth-order valence-electron chi connectivity index (χ4n) is 2.53. The summed E-state index contributed by atoms with van der Waals surface area (Å²) in [5, 5.41) is 4.33. The number of aromatic nitrogens is 1. The van der Waals surface area contributed by atoms with E-state index in [-0.39, 0.29) is 0 Å². The molecule has 3 heteroatoms. The van der Waals surface area contributed by atoms with Gasteiger partial charge in [-0.3, -0.25) is 4.98 Å². The predicted octanol–water partition coefficient (Wildman–Crippen LogP) is 3.63. The van der Waals surface area contributed by atoms with E-state index in [1.807, 2.05) is 25.4 Å². The van der Waals surface area contributed by atoms with E-state index in [0.29, 0.717) is 0 Å². The Morgan fingerprint density at radius 1 is 1.05 bits per heavy atom. The summed E-state index contributed by atoms with van der Waals surface area (Å²) >= 11 is 0. The molecule has 1 heterocycles. The molecule has 3 aromatic rings. The van der Waals surface area contributed by atoms with E-state index in [2.05, 4.69) is 46.7 Å². The van der Waals surface area contributed by atoms with Crippen LogP contribution in [0.1, 0.15) is 5.56 Å². The maximum Gasteiger partial charge on any atom is 0.123 e. The molecule has 3 rings (SSSR count). The molecule has 0 unspecified atom stereocenters. The topological polar surface area (TPSA) is 34.2 Å². The molecule has 3 nitrogen and oxygen atoms in total. The molecule has 0 spiro atoms. The third-order valence-corrected chi connectivity index (χ3v) is 3.59. The number of nitrogens with one attached hydrogen (secondary N) is 1. The SMILES string of the molecule is CNCc1cc(-c2ccc3cccnc3c2)ccc1OC. The Balaban J connectivity index is 2.07. The molecule has 0 aliphatic rings. The summed E-state index contributed by atoms with van der Waals surface area (Å²) in [7, 11) is 3.64. The van der Waals surface area contributed by atoms with Crippen molar-refractivity contribution < 1.29 is 4.74 Å². The normalized spacial score (nSPS) is 10.8. The summed E-state index contributed by atoms with van der Waals surface area (Å²) in [6, 6.07) is 16.7. The van der Waals surface area contributed by atoms with E-state index >= 15 is 0 Å². The first-order valence-electron chi connectivity index (χ1n) is 6.98. The van der Waals surface area contributed by atoms with Crippen LogP contribution in [0.2, 0.25) is 0 Å². The van der Waals surface area contributed by atoms with Gasteiger partial charge in [0.1, 0.15) is 5.75 Å². The summed E-state index contributed by atoms with van der Waals surface area (Å²) in [6.07, 6.45) is 1.83. The van der Waals surface area contributed by atoms with Crippen LogP contribution in [0.25, 0.3) is 22.0 Å². The molecule has 0 fully saturated rings. The Hall–Kier alpha value is -2.39. The lowest BCUT2D eigenvalue weighted by Gasteiger charge is -2.11. The number of nitrogens with zero attached hydrogens (tertiary/aromatic N) is 1. The first kappa shape index (κ1) is 13.6. The van der Waals surface area contributed by atoms with Crippen molar-refractivity contribution in [2.75, 3.05) is 14.2 Å². The molecule has 2 aromatic carbocycles. The van der Waals surface area contributed by atoms with Crippen molar-refractivity contribution in [3.8, 4) is 16.9 Å². The van der Waals surface area contributed by atoms with Crippen molar-refractivity contribution in [2.45, 2.75) is 6.54 Å². The van der Waals surface area contributed by atoms with E-state index in [4.69, 9.17) is 4.74 Å². The average molecular weight is 278 g/mol. The molecule has 21 heavy (non-hydrogen) atoms. The Bertz CT molecular complexity index is 768. The zero-order valence-electron chi connectivity index (χ0n) is 12.3. The monoisotopic (exact) mass is 278 g/mol. The molecular weight excluding hydrogens is 260 g/mol. The molecule has 0 amide bonds. The number of hydrogen-bond donors (Lipinski definition) is 1. The molecular formula is C18H18N2O. The first-order valence-corrected chi connectivity index (χ1v) is 6.98. The minimum Gasteiger partial charge on any atom is -0.496 e. The second-order valence-electron chi connectivity index (χ2n) is 4.97. The molecule has 0 aliphatic heterocycles. The van der Waals surface area contributed by atoms with Gasteiger partial charge in [-0.2, -0.15) is 0 Å². The van der Waals surface area contributed by atoms with E-state index in [9.17, 15) is 0 Å². The average Bonchev–Trinajstić information content (AvgIpc) is 2.54. The second kappa shape index (κ2) is 5.94. The van der Waals surface area contributed by atoms with Crippen LogP contribution >= 0.6 is 0 Å². The van der Waals surface area contributed by atoms with Gasteiger partial charge in [0, 0.05) is 23.7 Å². The molecule has 1 N–H and O–H groups in total. The zero-order chi connectivity index (χ0) is 14.7. The minimum absolute atomic E-state index is 0.781. The Morgan fingerprint density at radius 2 is 1.86 bits per heavy atom. The van der Waals surface area contributed by atoms with Gasteiger partial charge in [0.15, 0.2) is 0 Å². The highest BCUT2D eigenvalue weighted by Gasteiger charge is 2.06. The van der Waals surface area contributed by atoms with Crippen molar-refractivity contribution in [3.05, 3.63) is 60.3 Å². The molecule has 0 bridgehead atoms. The van der Waals surface area contributed by atoms with Gasteiger partial charge in [0.2, 0.25) is 0 Å². The smallest absolute Gasteiger partial charge is 0.123 e. The van der Waals surface area contributed by atoms with Crippen LogP contribution in [-0.2, 0) is 6.54 Å². The van der Waals surface area contributed by atoms with E-state index < -0.39 is 0 Å². The van der Waals surface area contributed by atoms with Gasteiger partial charge >= 0.3 is 0 Å². The lowest BCUT2D eigenvalue weighted by atomic mass is 10.0. The second-order valence-corrected chi connectivity index (χ2v) is 4.97. The minimum atomic E-state index is 0.781. The van der Waals surface area contributed by atoms with Crippen molar-refractivity contribution >= 4 is 10.9 Å². The van der Waals surface area contributed by atoms with Crippen LogP contribution < -0.4 is 10.1 Å². The molecule has 0 aliphatic carbocycles. The predicted molar refractivity (Wildman–Crippen MR) is 86.5 cm³/mol. The van der Waals surface area contributed by atoms with Gasteiger partial charge in [0.05, 0.1) is 12.6 Å². The Morgan fingerprint density at radius 3 is 2.67 bits per heavy atom. The molecule has 0 radical (unpaired) electrons. The molecule has 0 saturated heterocycles. The maximum absolute atomic E-state index is 5.41. The highest BCUT2D eigenvalue weighted by molar-refractivity contribution is 5.84. The summed E-state index contributed by atoms with van der Waals surface area (Å²) in [4.78, 5) is 4.42. The van der Waals surface area contributed by atoms with Crippen LogP contribution in [0.3, 0.4) is 0 Å². The summed E-state index contributed by atoms with van der Waals surface area (Å²) < 4.78 is 5.41. The lowest BCUT2D eigenvalue weighted by Crippen LogP contribution is -2.06. The number of pyridine rings is 1. The van der Waals surface area contributed by atoms with Gasteiger partial charge in [0.25, 0.3) is 0 Å². The fourth-order valence-corrected chi connectivity index (χ4v) is 2.53. The summed E-state index contributed by atoms with van der Waals surface area (Å²) in [5.41, 5.74) is 4.51. The summed E-state index contributed by atoms with van der Waals surface area (Å²) in [6.45, 7) is 0.781. The van der Waals surface area contributed by atoms with Crippen LogP contribution in [0, 0.1) is 0 Å². The third-order valence-electron chi connectivity index (χ3n) is 3.59. The largest absolute Gasteiger partial charge is 0.496 e. The van der Waals surface area contributed by atoms with E-state index in [0.717, 1.165) is 28.8 Å². The third kappa shape index (κ3) is 2.73. The van der Waals surface area contributed by atoms with Gasteiger partial charge < -0.3 is 10.1 Å². The fraction of sp³-hybridized carbons (Fsp3) is 0.167. The molecule has 1 aromatic heterocycles. The number of benzene rings is 2. The quantitative estimate of drug-likeness (QED) is 0.791. The summed E-state index contributed by atoms with van der Waals surface area (Å²) in [5.74, 6) is 0.909. The van der Waals surface area contributed by atoms with Crippen molar-refractivity contribution in [2.24, 2.45) is 0 Å². The maximum atomic E-state index is 5.41. The standard InChI is InChI=1S/C18H18N2O/c1-19-12-16-10-14(7-8-18(16)21-2)15-6-5-13-4-3-9-20-17(13)11-15/h3-11,19H,12H2,1-2H3. The van der Waals surface area contributed by atoms with E-state index in [1.54, 1.807) is 7.11 Å². The van der Waals surface area contributed by atoms with Gasteiger partial charge in [-0.1, -0.05) is 24.3 Å². The van der Waals surface area contributed by atoms with E-state index in [1.165, 1.54) is 11.1 Å². The highest BCUT2D eigenvalue weighted by atomic mass is 16.5. The number of hydrogen-bond acceptors (Lipinski definition) is 3. The zero-order valence-corrected chi connectivity index (χ0v) is 12.3. The Kier molecular flexibility index (Phi) is 3.84. The first-order chi connectivity index (χ1) is 10.3. The van der Waals surface area contributed by atoms with Crippen LogP contribution in [0.5, 0.6) is 5.75 Å². The number of rotatable bonds is 4. The van der Waals surface area contributed by atoms with Gasteiger partial charge in [-0.25, -0.2) is 0 Å². The molecule has 0 atom stereocenters. The Labute approximate surface area is 124 Å². The van der Waals surface area contributed by atoms with Crippen molar-refractivity contribution in [3.63, 3.8) is 0 Å². The number of fused-ring (bicyclic) bond motifs is 1. The molecule has 0 saturated carbocycles. The van der Waals surface area contributed by atoms with Crippen LogP contribution in [0.4, 0.5) is 0 Å². The van der Waals surface area contributed by atoms with Crippen LogP contribution in [-0.4, -0.2) is 19.1 Å². The number of methoxy groups -OCH3 is 1.